The van der Waals surface area contributed by atoms with Gasteiger partial charge in [-0.25, -0.2) is 4.98 Å². The molecule has 1 heterocycles. The van der Waals surface area contributed by atoms with Gasteiger partial charge in [-0.1, -0.05) is 6.07 Å². The summed E-state index contributed by atoms with van der Waals surface area (Å²) in [5.74, 6) is 0.287. The molecule has 6 heteroatoms. The summed E-state index contributed by atoms with van der Waals surface area (Å²) in [7, 11) is 1.54. The lowest BCUT2D eigenvalue weighted by atomic mass is 10.2. The molecule has 0 radical (unpaired) electrons. The fourth-order valence-corrected chi connectivity index (χ4v) is 2.16. The van der Waals surface area contributed by atoms with Gasteiger partial charge in [-0.2, -0.15) is 0 Å². The SMILES string of the molecule is COc1ncccc1CNC(=O)c1cc(N)ccc1Br. The Balaban J connectivity index is 2.11. The lowest BCUT2D eigenvalue weighted by molar-refractivity contribution is 0.0950. The molecule has 0 spiro atoms. The molecule has 0 aliphatic rings. The number of rotatable bonds is 4. The van der Waals surface area contributed by atoms with Gasteiger partial charge in [0.25, 0.3) is 5.91 Å². The van der Waals surface area contributed by atoms with Crippen LogP contribution in [0.25, 0.3) is 0 Å². The molecule has 0 saturated heterocycles. The lowest BCUT2D eigenvalue weighted by Gasteiger charge is -2.10. The van der Waals surface area contributed by atoms with Gasteiger partial charge in [0.15, 0.2) is 0 Å². The summed E-state index contributed by atoms with van der Waals surface area (Å²) in [6, 6.07) is 8.74. The van der Waals surface area contributed by atoms with Crippen molar-refractivity contribution in [1.29, 1.82) is 0 Å². The average molecular weight is 336 g/mol. The first-order chi connectivity index (χ1) is 9.61. The van der Waals surface area contributed by atoms with E-state index in [1.54, 1.807) is 37.6 Å². The number of methoxy groups -OCH3 is 1. The van der Waals surface area contributed by atoms with Gasteiger partial charge in [-0.3, -0.25) is 4.79 Å². The molecular formula is C14H14BrN3O2. The molecule has 20 heavy (non-hydrogen) atoms. The number of benzene rings is 1. The van der Waals surface area contributed by atoms with Crippen molar-refractivity contribution in [2.24, 2.45) is 0 Å². The minimum absolute atomic E-state index is 0.213. The van der Waals surface area contributed by atoms with Crippen LogP contribution in [0.4, 0.5) is 5.69 Å². The number of pyridine rings is 1. The molecule has 104 valence electrons. The normalized spacial score (nSPS) is 10.1. The molecule has 0 saturated carbocycles. The van der Waals surface area contributed by atoms with E-state index in [0.29, 0.717) is 28.1 Å². The Morgan fingerprint density at radius 3 is 3.00 bits per heavy atom. The highest BCUT2D eigenvalue weighted by Crippen LogP contribution is 2.20. The van der Waals surface area contributed by atoms with Gasteiger partial charge in [0, 0.05) is 28.5 Å². The molecular weight excluding hydrogens is 322 g/mol. The minimum atomic E-state index is -0.213. The molecule has 1 aromatic carbocycles. The second-order valence-corrected chi connectivity index (χ2v) is 4.95. The Morgan fingerprint density at radius 1 is 1.45 bits per heavy atom. The Morgan fingerprint density at radius 2 is 2.25 bits per heavy atom. The van der Waals surface area contributed by atoms with Crippen molar-refractivity contribution in [3.63, 3.8) is 0 Å². The van der Waals surface area contributed by atoms with Crippen LogP contribution in [-0.4, -0.2) is 18.0 Å². The summed E-state index contributed by atoms with van der Waals surface area (Å²) in [6.45, 7) is 0.330. The van der Waals surface area contributed by atoms with E-state index in [9.17, 15) is 4.79 Å². The van der Waals surface area contributed by atoms with Crippen molar-refractivity contribution in [1.82, 2.24) is 10.3 Å². The van der Waals surface area contributed by atoms with E-state index in [2.05, 4.69) is 26.2 Å². The maximum Gasteiger partial charge on any atom is 0.252 e. The third-order valence-electron chi connectivity index (χ3n) is 2.72. The zero-order chi connectivity index (χ0) is 14.5. The standard InChI is InChI=1S/C14H14BrN3O2/c1-20-14-9(3-2-6-17-14)8-18-13(19)11-7-10(16)4-5-12(11)15/h2-7H,8,16H2,1H3,(H,18,19). The summed E-state index contributed by atoms with van der Waals surface area (Å²) in [4.78, 5) is 16.2. The van der Waals surface area contributed by atoms with E-state index < -0.39 is 0 Å². The molecule has 2 rings (SSSR count). The van der Waals surface area contributed by atoms with Gasteiger partial charge in [0.05, 0.1) is 12.7 Å². The zero-order valence-electron chi connectivity index (χ0n) is 10.9. The topological polar surface area (TPSA) is 77.2 Å². The Kier molecular flexibility index (Phi) is 4.57. The highest BCUT2D eigenvalue weighted by molar-refractivity contribution is 9.10. The number of carbonyl (C=O) groups excluding carboxylic acids is 1. The first kappa shape index (κ1) is 14.3. The average Bonchev–Trinajstić information content (AvgIpc) is 2.47. The maximum absolute atomic E-state index is 12.1. The molecule has 0 aliphatic heterocycles. The van der Waals surface area contributed by atoms with Crippen molar-refractivity contribution in [3.05, 3.63) is 52.1 Å². The summed E-state index contributed by atoms with van der Waals surface area (Å²) in [6.07, 6.45) is 1.64. The number of halogens is 1. The van der Waals surface area contributed by atoms with Gasteiger partial charge < -0.3 is 15.8 Å². The van der Waals surface area contributed by atoms with Crippen LogP contribution in [0, 0.1) is 0 Å². The summed E-state index contributed by atoms with van der Waals surface area (Å²) < 4.78 is 5.83. The number of nitrogen functional groups attached to an aromatic ring is 1. The van der Waals surface area contributed by atoms with Gasteiger partial charge in [0.1, 0.15) is 0 Å². The molecule has 0 bridgehead atoms. The molecule has 2 aromatic rings. The molecule has 3 N–H and O–H groups in total. The van der Waals surface area contributed by atoms with Crippen LogP contribution in [0.15, 0.2) is 41.0 Å². The van der Waals surface area contributed by atoms with E-state index in [1.165, 1.54) is 0 Å². The van der Waals surface area contributed by atoms with E-state index in [0.717, 1.165) is 5.56 Å². The molecule has 1 aromatic heterocycles. The maximum atomic E-state index is 12.1. The summed E-state index contributed by atoms with van der Waals surface area (Å²) in [5, 5.41) is 2.81. The number of nitrogens with zero attached hydrogens (tertiary/aromatic N) is 1. The number of amides is 1. The van der Waals surface area contributed by atoms with Crippen LogP contribution in [0.5, 0.6) is 5.88 Å². The van der Waals surface area contributed by atoms with E-state index in [-0.39, 0.29) is 5.91 Å². The third kappa shape index (κ3) is 3.27. The summed E-state index contributed by atoms with van der Waals surface area (Å²) in [5.41, 5.74) is 7.53. The van der Waals surface area contributed by atoms with Crippen LogP contribution >= 0.6 is 15.9 Å². The smallest absolute Gasteiger partial charge is 0.252 e. The fraction of sp³-hybridized carbons (Fsp3) is 0.143. The van der Waals surface area contributed by atoms with Crippen molar-refractivity contribution in [3.8, 4) is 5.88 Å². The first-order valence-electron chi connectivity index (χ1n) is 5.93. The van der Waals surface area contributed by atoms with Gasteiger partial charge in [-0.15, -0.1) is 0 Å². The first-order valence-corrected chi connectivity index (χ1v) is 6.72. The Labute approximate surface area is 125 Å². The highest BCUT2D eigenvalue weighted by atomic mass is 79.9. The number of ether oxygens (including phenoxy) is 1. The monoisotopic (exact) mass is 335 g/mol. The largest absolute Gasteiger partial charge is 0.481 e. The predicted molar refractivity (Wildman–Crippen MR) is 80.5 cm³/mol. The molecule has 0 fully saturated rings. The molecule has 0 unspecified atom stereocenters. The van der Waals surface area contributed by atoms with Crippen LogP contribution < -0.4 is 15.8 Å². The van der Waals surface area contributed by atoms with Crippen molar-refractivity contribution in [2.75, 3.05) is 12.8 Å². The quantitative estimate of drug-likeness (QED) is 0.841. The number of hydrogen-bond acceptors (Lipinski definition) is 4. The highest BCUT2D eigenvalue weighted by Gasteiger charge is 2.11. The van der Waals surface area contributed by atoms with E-state index >= 15 is 0 Å². The fourth-order valence-electron chi connectivity index (χ4n) is 1.73. The second kappa shape index (κ2) is 6.38. The molecule has 1 amide bonds. The zero-order valence-corrected chi connectivity index (χ0v) is 12.5. The van der Waals surface area contributed by atoms with Crippen molar-refractivity contribution < 1.29 is 9.53 Å². The van der Waals surface area contributed by atoms with E-state index in [1.807, 2.05) is 6.07 Å². The third-order valence-corrected chi connectivity index (χ3v) is 3.41. The van der Waals surface area contributed by atoms with Gasteiger partial charge in [-0.05, 0) is 40.2 Å². The minimum Gasteiger partial charge on any atom is -0.481 e. The number of nitrogens with one attached hydrogen (secondary N) is 1. The van der Waals surface area contributed by atoms with Crippen LogP contribution in [0.2, 0.25) is 0 Å². The number of carbonyl (C=O) groups is 1. The number of anilines is 1. The predicted octanol–water partition coefficient (Wildman–Crippen LogP) is 2.36. The van der Waals surface area contributed by atoms with Crippen LogP contribution in [-0.2, 0) is 6.54 Å². The second-order valence-electron chi connectivity index (χ2n) is 4.09. The number of aromatic nitrogens is 1. The van der Waals surface area contributed by atoms with Crippen LogP contribution in [0.1, 0.15) is 15.9 Å². The van der Waals surface area contributed by atoms with Crippen molar-refractivity contribution in [2.45, 2.75) is 6.54 Å². The number of nitrogens with two attached hydrogens (primary N) is 1. The molecule has 5 nitrogen and oxygen atoms in total. The van der Waals surface area contributed by atoms with E-state index in [4.69, 9.17) is 10.5 Å². The van der Waals surface area contributed by atoms with Crippen LogP contribution in [0.3, 0.4) is 0 Å². The molecule has 0 aliphatic carbocycles. The summed E-state index contributed by atoms with van der Waals surface area (Å²) >= 11 is 3.33. The lowest BCUT2D eigenvalue weighted by Crippen LogP contribution is -2.23. The van der Waals surface area contributed by atoms with Gasteiger partial charge in [0.2, 0.25) is 5.88 Å². The number of hydrogen-bond donors (Lipinski definition) is 2. The van der Waals surface area contributed by atoms with Crippen molar-refractivity contribution >= 4 is 27.5 Å². The molecule has 0 atom stereocenters. The van der Waals surface area contributed by atoms with Gasteiger partial charge >= 0.3 is 0 Å². The Bertz CT molecular complexity index is 632. The Hall–Kier alpha value is -2.08.